The Balaban J connectivity index is 1.40. The van der Waals surface area contributed by atoms with E-state index in [0.717, 1.165) is 51.3 Å². The molecule has 1 amide bonds. The van der Waals surface area contributed by atoms with Gasteiger partial charge in [-0.15, -0.1) is 0 Å². The SMILES string of the molecule is O=C(N[C@H]1CCC[C@H]1n1ccnc1)c1ccc(N2CCOCC2)cc1. The lowest BCUT2D eigenvalue weighted by molar-refractivity contribution is 0.0929. The zero-order chi connectivity index (χ0) is 17.1. The second kappa shape index (κ2) is 7.27. The van der Waals surface area contributed by atoms with Crippen molar-refractivity contribution in [2.24, 2.45) is 0 Å². The number of ether oxygens (including phenoxy) is 1. The molecule has 1 aliphatic carbocycles. The van der Waals surface area contributed by atoms with Gasteiger partial charge in [0.05, 0.1) is 25.6 Å². The van der Waals surface area contributed by atoms with Gasteiger partial charge in [-0.1, -0.05) is 0 Å². The van der Waals surface area contributed by atoms with Gasteiger partial charge in [0.15, 0.2) is 0 Å². The number of benzene rings is 1. The number of anilines is 1. The first-order valence-corrected chi connectivity index (χ1v) is 9.02. The van der Waals surface area contributed by atoms with Gasteiger partial charge in [0, 0.05) is 42.8 Å². The van der Waals surface area contributed by atoms with Crippen molar-refractivity contribution in [1.29, 1.82) is 0 Å². The van der Waals surface area contributed by atoms with E-state index < -0.39 is 0 Å². The van der Waals surface area contributed by atoms with Crippen molar-refractivity contribution < 1.29 is 9.53 Å². The predicted octanol–water partition coefficient (Wildman–Crippen LogP) is 2.24. The van der Waals surface area contributed by atoms with E-state index in [1.54, 1.807) is 6.20 Å². The predicted molar refractivity (Wildman–Crippen MR) is 95.8 cm³/mol. The molecule has 4 rings (SSSR count). The third kappa shape index (κ3) is 3.54. The van der Waals surface area contributed by atoms with E-state index in [2.05, 4.69) is 19.8 Å². The van der Waals surface area contributed by atoms with Gasteiger partial charge in [-0.05, 0) is 43.5 Å². The maximum absolute atomic E-state index is 12.6. The van der Waals surface area contributed by atoms with Crippen molar-refractivity contribution >= 4 is 11.6 Å². The Labute approximate surface area is 147 Å². The van der Waals surface area contributed by atoms with Gasteiger partial charge in [-0.25, -0.2) is 4.98 Å². The van der Waals surface area contributed by atoms with Crippen LogP contribution in [0.3, 0.4) is 0 Å². The molecule has 1 aromatic heterocycles. The van der Waals surface area contributed by atoms with Crippen LogP contribution in [0.1, 0.15) is 35.7 Å². The Bertz CT molecular complexity index is 693. The second-order valence-corrected chi connectivity index (χ2v) is 6.73. The van der Waals surface area contributed by atoms with Crippen LogP contribution in [0.25, 0.3) is 0 Å². The van der Waals surface area contributed by atoms with Gasteiger partial charge in [-0.2, -0.15) is 0 Å². The van der Waals surface area contributed by atoms with E-state index in [4.69, 9.17) is 4.74 Å². The second-order valence-electron chi connectivity index (χ2n) is 6.73. The molecule has 1 N–H and O–H groups in total. The van der Waals surface area contributed by atoms with Crippen LogP contribution < -0.4 is 10.2 Å². The topological polar surface area (TPSA) is 59.4 Å². The zero-order valence-corrected chi connectivity index (χ0v) is 14.3. The standard InChI is InChI=1S/C19H24N4O2/c24-19(21-17-2-1-3-18(17)23-9-8-20-14-23)15-4-6-16(7-5-15)22-10-12-25-13-11-22/h4-9,14,17-18H,1-3,10-13H2,(H,21,24)/t17-,18+/m0/s1. The Morgan fingerprint density at radius 1 is 1.16 bits per heavy atom. The number of imidazole rings is 1. The van der Waals surface area contributed by atoms with Gasteiger partial charge in [0.1, 0.15) is 0 Å². The number of carbonyl (C=O) groups is 1. The van der Waals surface area contributed by atoms with Gasteiger partial charge in [-0.3, -0.25) is 4.79 Å². The van der Waals surface area contributed by atoms with Crippen LogP contribution in [-0.4, -0.2) is 47.8 Å². The lowest BCUT2D eigenvalue weighted by Gasteiger charge is -2.29. The highest BCUT2D eigenvalue weighted by molar-refractivity contribution is 5.94. The number of rotatable bonds is 4. The molecular weight excluding hydrogens is 316 g/mol. The number of amides is 1. The maximum atomic E-state index is 12.6. The van der Waals surface area contributed by atoms with Crippen LogP contribution >= 0.6 is 0 Å². The first-order chi connectivity index (χ1) is 12.3. The highest BCUT2D eigenvalue weighted by Crippen LogP contribution is 2.30. The molecule has 6 heteroatoms. The van der Waals surface area contributed by atoms with Crippen LogP contribution in [0.5, 0.6) is 0 Å². The van der Waals surface area contributed by atoms with E-state index in [1.807, 2.05) is 36.8 Å². The smallest absolute Gasteiger partial charge is 0.251 e. The molecule has 0 bridgehead atoms. The van der Waals surface area contributed by atoms with Crippen LogP contribution in [-0.2, 0) is 4.74 Å². The molecular formula is C19H24N4O2. The Kier molecular flexibility index (Phi) is 4.70. The number of nitrogens with one attached hydrogen (secondary N) is 1. The molecule has 2 heterocycles. The zero-order valence-electron chi connectivity index (χ0n) is 14.3. The third-order valence-electron chi connectivity index (χ3n) is 5.21. The van der Waals surface area contributed by atoms with Crippen molar-refractivity contribution in [1.82, 2.24) is 14.9 Å². The molecule has 2 aromatic rings. The summed E-state index contributed by atoms with van der Waals surface area (Å²) in [7, 11) is 0. The normalized spacial score (nSPS) is 23.6. The summed E-state index contributed by atoms with van der Waals surface area (Å²) in [5, 5.41) is 3.21. The molecule has 1 aliphatic heterocycles. The number of aromatic nitrogens is 2. The maximum Gasteiger partial charge on any atom is 0.251 e. The lowest BCUT2D eigenvalue weighted by Crippen LogP contribution is -2.38. The molecule has 25 heavy (non-hydrogen) atoms. The summed E-state index contributed by atoms with van der Waals surface area (Å²) in [6.45, 7) is 3.33. The first kappa shape index (κ1) is 16.1. The largest absolute Gasteiger partial charge is 0.378 e. The summed E-state index contributed by atoms with van der Waals surface area (Å²) >= 11 is 0. The number of nitrogens with zero attached hydrogens (tertiary/aromatic N) is 3. The van der Waals surface area contributed by atoms with Crippen molar-refractivity contribution in [3.63, 3.8) is 0 Å². The van der Waals surface area contributed by atoms with Gasteiger partial charge >= 0.3 is 0 Å². The monoisotopic (exact) mass is 340 g/mol. The molecule has 6 nitrogen and oxygen atoms in total. The summed E-state index contributed by atoms with van der Waals surface area (Å²) in [6.07, 6.45) is 8.83. The van der Waals surface area contributed by atoms with E-state index in [0.29, 0.717) is 11.6 Å². The minimum absolute atomic E-state index is 0.00513. The summed E-state index contributed by atoms with van der Waals surface area (Å²) in [4.78, 5) is 19.1. The molecule has 1 saturated heterocycles. The molecule has 0 radical (unpaired) electrons. The van der Waals surface area contributed by atoms with Gasteiger partial charge < -0.3 is 19.5 Å². The fourth-order valence-electron chi connectivity index (χ4n) is 3.83. The van der Waals surface area contributed by atoms with E-state index >= 15 is 0 Å². The fraction of sp³-hybridized carbons (Fsp3) is 0.474. The van der Waals surface area contributed by atoms with Crippen LogP contribution in [0.2, 0.25) is 0 Å². The van der Waals surface area contributed by atoms with Crippen molar-refractivity contribution in [3.8, 4) is 0 Å². The average Bonchev–Trinajstić information content (AvgIpc) is 3.34. The fourth-order valence-corrected chi connectivity index (χ4v) is 3.83. The van der Waals surface area contributed by atoms with Crippen LogP contribution in [0.4, 0.5) is 5.69 Å². The minimum atomic E-state index is 0.00513. The van der Waals surface area contributed by atoms with Crippen molar-refractivity contribution in [2.75, 3.05) is 31.2 Å². The summed E-state index contributed by atoms with van der Waals surface area (Å²) in [5.74, 6) is 0.00513. The molecule has 0 unspecified atom stereocenters. The average molecular weight is 340 g/mol. The van der Waals surface area contributed by atoms with Crippen LogP contribution in [0, 0.1) is 0 Å². The van der Waals surface area contributed by atoms with Crippen LogP contribution in [0.15, 0.2) is 43.0 Å². The number of carbonyl (C=O) groups excluding carboxylic acids is 1. The van der Waals surface area contributed by atoms with Gasteiger partial charge in [0.2, 0.25) is 0 Å². The number of morpholine rings is 1. The number of hydrogen-bond acceptors (Lipinski definition) is 4. The van der Waals surface area contributed by atoms with Gasteiger partial charge in [0.25, 0.3) is 5.91 Å². The molecule has 0 spiro atoms. The Morgan fingerprint density at radius 2 is 1.96 bits per heavy atom. The van der Waals surface area contributed by atoms with E-state index in [9.17, 15) is 4.79 Å². The van der Waals surface area contributed by atoms with E-state index in [1.165, 1.54) is 0 Å². The quantitative estimate of drug-likeness (QED) is 0.927. The number of hydrogen-bond donors (Lipinski definition) is 1. The molecule has 132 valence electrons. The Hall–Kier alpha value is -2.34. The Morgan fingerprint density at radius 3 is 2.68 bits per heavy atom. The minimum Gasteiger partial charge on any atom is -0.378 e. The first-order valence-electron chi connectivity index (χ1n) is 9.02. The highest BCUT2D eigenvalue weighted by atomic mass is 16.5. The third-order valence-corrected chi connectivity index (χ3v) is 5.21. The lowest BCUT2D eigenvalue weighted by atomic mass is 10.1. The van der Waals surface area contributed by atoms with Crippen molar-refractivity contribution in [2.45, 2.75) is 31.3 Å². The molecule has 2 atom stereocenters. The molecule has 1 saturated carbocycles. The molecule has 2 fully saturated rings. The van der Waals surface area contributed by atoms with E-state index in [-0.39, 0.29) is 11.9 Å². The highest BCUT2D eigenvalue weighted by Gasteiger charge is 2.29. The summed E-state index contributed by atoms with van der Waals surface area (Å²) in [5.41, 5.74) is 1.87. The molecule has 2 aliphatic rings. The van der Waals surface area contributed by atoms with Crippen molar-refractivity contribution in [3.05, 3.63) is 48.5 Å². The molecule has 1 aromatic carbocycles. The summed E-state index contributed by atoms with van der Waals surface area (Å²) in [6, 6.07) is 8.37. The summed E-state index contributed by atoms with van der Waals surface area (Å²) < 4.78 is 7.50.